The van der Waals surface area contributed by atoms with E-state index in [9.17, 15) is 9.18 Å². The number of nitrogens with zero attached hydrogens (tertiary/aromatic N) is 5. The number of benzene rings is 1. The molecule has 0 aliphatic heterocycles. The molecule has 6 aromatic rings. The van der Waals surface area contributed by atoms with Crippen molar-refractivity contribution in [3.05, 3.63) is 72.7 Å². The quantitative estimate of drug-likeness (QED) is 0.192. The Bertz CT molecular complexity index is 1950. The van der Waals surface area contributed by atoms with Crippen LogP contribution in [0.4, 0.5) is 10.1 Å². The molecular formula is C31H30FN9O3. The molecule has 0 saturated carbocycles. The molecule has 0 bridgehead atoms. The van der Waals surface area contributed by atoms with E-state index in [-0.39, 0.29) is 17.9 Å². The fraction of sp³-hybridized carbons (Fsp3) is 0.194. The van der Waals surface area contributed by atoms with E-state index in [1.807, 2.05) is 39.1 Å². The maximum atomic E-state index is 14.4. The van der Waals surface area contributed by atoms with Gasteiger partial charge >= 0.3 is 6.15 Å². The lowest BCUT2D eigenvalue weighted by Crippen LogP contribution is -2.09. The topological polar surface area (TPSA) is 171 Å². The fourth-order valence-corrected chi connectivity index (χ4v) is 4.53. The Morgan fingerprint density at radius 1 is 0.955 bits per heavy atom. The largest absolute Gasteiger partial charge is 0.373 e. The zero-order valence-electron chi connectivity index (χ0n) is 24.5. The van der Waals surface area contributed by atoms with E-state index in [4.69, 9.17) is 14.6 Å². The summed E-state index contributed by atoms with van der Waals surface area (Å²) in [5.74, 6) is 0.140. The van der Waals surface area contributed by atoms with Gasteiger partial charge < -0.3 is 15.6 Å². The van der Waals surface area contributed by atoms with E-state index in [0.29, 0.717) is 58.0 Å². The van der Waals surface area contributed by atoms with Crippen LogP contribution in [0.2, 0.25) is 0 Å². The van der Waals surface area contributed by atoms with Crippen LogP contribution in [0.25, 0.3) is 55.8 Å². The van der Waals surface area contributed by atoms with Gasteiger partial charge in [-0.25, -0.2) is 14.4 Å². The number of amides is 1. The van der Waals surface area contributed by atoms with E-state index < -0.39 is 0 Å². The molecular weight excluding hydrogens is 565 g/mol. The van der Waals surface area contributed by atoms with Gasteiger partial charge in [-0.15, -0.1) is 0 Å². The zero-order valence-corrected chi connectivity index (χ0v) is 24.5. The predicted molar refractivity (Wildman–Crippen MR) is 163 cm³/mol. The fourth-order valence-electron chi connectivity index (χ4n) is 4.53. The zero-order chi connectivity index (χ0) is 31.6. The molecule has 0 radical (unpaired) electrons. The van der Waals surface area contributed by atoms with Crippen molar-refractivity contribution in [2.24, 2.45) is 0 Å². The van der Waals surface area contributed by atoms with E-state index in [0.717, 1.165) is 22.1 Å². The van der Waals surface area contributed by atoms with Crippen LogP contribution in [0.5, 0.6) is 0 Å². The van der Waals surface area contributed by atoms with Gasteiger partial charge in [0.1, 0.15) is 11.5 Å². The van der Waals surface area contributed by atoms with Gasteiger partial charge in [-0.1, -0.05) is 20.8 Å². The number of nitrogens with one attached hydrogen (secondary N) is 4. The minimum absolute atomic E-state index is 0.0881. The molecule has 0 aliphatic rings. The van der Waals surface area contributed by atoms with Crippen LogP contribution in [0, 0.1) is 5.82 Å². The summed E-state index contributed by atoms with van der Waals surface area (Å²) in [4.78, 5) is 49.4. The maximum Gasteiger partial charge on any atom is 0.373 e. The molecule has 12 nitrogen and oxygen atoms in total. The van der Waals surface area contributed by atoms with Crippen LogP contribution >= 0.6 is 0 Å². The molecule has 6 rings (SSSR count). The van der Waals surface area contributed by atoms with Gasteiger partial charge in [-0.05, 0) is 48.5 Å². The number of halogens is 1. The number of hydrogen-bond acceptors (Lipinski definition) is 9. The van der Waals surface area contributed by atoms with E-state index >= 15 is 0 Å². The monoisotopic (exact) mass is 595 g/mol. The van der Waals surface area contributed by atoms with Gasteiger partial charge in [-0.3, -0.25) is 19.9 Å². The number of imidazole rings is 1. The van der Waals surface area contributed by atoms with Crippen molar-refractivity contribution in [1.29, 1.82) is 0 Å². The molecule has 1 aromatic carbocycles. The number of rotatable bonds is 7. The van der Waals surface area contributed by atoms with Crippen LogP contribution < -0.4 is 10.6 Å². The summed E-state index contributed by atoms with van der Waals surface area (Å²) in [7, 11) is 1.82. The highest BCUT2D eigenvalue weighted by atomic mass is 19.1. The van der Waals surface area contributed by atoms with Crippen molar-refractivity contribution < 1.29 is 18.8 Å². The van der Waals surface area contributed by atoms with Gasteiger partial charge in [0, 0.05) is 48.2 Å². The number of H-pyrrole nitrogens is 2. The van der Waals surface area contributed by atoms with Crippen molar-refractivity contribution in [3.8, 4) is 33.8 Å². The number of carbonyl (C=O) groups is 1. The average Bonchev–Trinajstić information content (AvgIpc) is 3.66. The molecule has 13 heteroatoms. The van der Waals surface area contributed by atoms with Crippen LogP contribution in [0.1, 0.15) is 32.8 Å². The van der Waals surface area contributed by atoms with Crippen molar-refractivity contribution in [1.82, 2.24) is 40.4 Å². The van der Waals surface area contributed by atoms with Crippen LogP contribution in [0.3, 0.4) is 0 Å². The number of carbonyl (C=O) groups excluding carboxylic acids is 3. The van der Waals surface area contributed by atoms with Crippen LogP contribution in [0.15, 0.2) is 61.3 Å². The number of anilines is 1. The molecule has 1 amide bonds. The van der Waals surface area contributed by atoms with Crippen molar-refractivity contribution in [2.75, 3.05) is 12.4 Å². The van der Waals surface area contributed by atoms with Crippen molar-refractivity contribution in [2.45, 2.75) is 33.7 Å². The summed E-state index contributed by atoms with van der Waals surface area (Å²) in [5, 5.41) is 14.0. The molecule has 0 spiro atoms. The number of hydrogen-bond donors (Lipinski definition) is 4. The Balaban J connectivity index is 0.000000834. The second-order valence-electron chi connectivity index (χ2n) is 9.19. The first-order chi connectivity index (χ1) is 21.4. The second kappa shape index (κ2) is 14.5. The Kier molecular flexibility index (Phi) is 10.3. The number of aromatic nitrogens is 7. The van der Waals surface area contributed by atoms with Gasteiger partial charge in [-0.2, -0.15) is 14.7 Å². The third-order valence-electron chi connectivity index (χ3n) is 6.37. The molecule has 44 heavy (non-hydrogen) atoms. The molecule has 224 valence electrons. The highest BCUT2D eigenvalue weighted by Crippen LogP contribution is 2.33. The highest BCUT2D eigenvalue weighted by Gasteiger charge is 2.17. The first-order valence-corrected chi connectivity index (χ1v) is 13.8. The first kappa shape index (κ1) is 31.3. The van der Waals surface area contributed by atoms with Crippen LogP contribution in [-0.4, -0.2) is 54.2 Å². The number of fused-ring (bicyclic) bond motifs is 2. The standard InChI is InChI=1S/C28H24FN9O.C2H6.CO2/c1-3-24(39)34-20-7-17(10-31-12-20)18-8-21-26(37-38-27(21)33-11-18)28-35-23-14-32-13-22(25(23)36-28)16-4-15(9-30-2)5-19(29)6-16;1-2;2-1-3/h4-8,10-14,30H,3,9H2,1-2H3,(H,34,39)(H,35,36)(H,33,37,38);1-2H3;. The number of aromatic amines is 2. The normalized spacial score (nSPS) is 10.4. The third kappa shape index (κ3) is 6.86. The SMILES string of the molecule is CC.CCC(=O)Nc1cncc(-c2cnc3n[nH]c(-c4nc5c(-c6cc(F)cc(CNC)c6)cncc5[nH]4)c3c2)c1.O=C=O. The minimum Gasteiger partial charge on any atom is -0.335 e. The summed E-state index contributed by atoms with van der Waals surface area (Å²) in [6, 6.07) is 8.72. The Morgan fingerprint density at radius 3 is 2.45 bits per heavy atom. The Morgan fingerprint density at radius 2 is 1.70 bits per heavy atom. The smallest absolute Gasteiger partial charge is 0.335 e. The molecule has 0 aliphatic carbocycles. The van der Waals surface area contributed by atoms with E-state index in [1.165, 1.54) is 12.1 Å². The third-order valence-corrected chi connectivity index (χ3v) is 6.37. The summed E-state index contributed by atoms with van der Waals surface area (Å²) in [6.45, 7) is 6.33. The highest BCUT2D eigenvalue weighted by molar-refractivity contribution is 5.97. The maximum absolute atomic E-state index is 14.4. The minimum atomic E-state index is -0.323. The van der Waals surface area contributed by atoms with Crippen molar-refractivity contribution >= 4 is 39.8 Å². The molecule has 5 heterocycles. The average molecular weight is 596 g/mol. The predicted octanol–water partition coefficient (Wildman–Crippen LogP) is 5.27. The van der Waals surface area contributed by atoms with Gasteiger partial charge in [0.25, 0.3) is 0 Å². The lowest BCUT2D eigenvalue weighted by molar-refractivity contribution is -0.191. The van der Waals surface area contributed by atoms with Crippen LogP contribution in [-0.2, 0) is 20.9 Å². The lowest BCUT2D eigenvalue weighted by atomic mass is 10.0. The summed E-state index contributed by atoms with van der Waals surface area (Å²) in [6.07, 6.45) is 9.03. The van der Waals surface area contributed by atoms with E-state index in [2.05, 4.69) is 40.8 Å². The first-order valence-electron chi connectivity index (χ1n) is 13.8. The van der Waals surface area contributed by atoms with Gasteiger partial charge in [0.2, 0.25) is 5.91 Å². The van der Waals surface area contributed by atoms with Gasteiger partial charge in [0.05, 0.1) is 34.5 Å². The van der Waals surface area contributed by atoms with Gasteiger partial charge in [0.15, 0.2) is 11.5 Å². The Labute approximate surface area is 251 Å². The second-order valence-corrected chi connectivity index (χ2v) is 9.19. The van der Waals surface area contributed by atoms with E-state index in [1.54, 1.807) is 37.9 Å². The summed E-state index contributed by atoms with van der Waals surface area (Å²) in [5.41, 5.74) is 6.99. The lowest BCUT2D eigenvalue weighted by Gasteiger charge is -2.06. The molecule has 0 atom stereocenters. The Hall–Kier alpha value is -5.65. The molecule has 0 unspecified atom stereocenters. The molecule has 0 fully saturated rings. The summed E-state index contributed by atoms with van der Waals surface area (Å²) >= 11 is 0. The molecule has 4 N–H and O–H groups in total. The number of pyridine rings is 3. The van der Waals surface area contributed by atoms with Crippen molar-refractivity contribution in [3.63, 3.8) is 0 Å². The molecule has 0 saturated heterocycles. The molecule has 5 aromatic heterocycles. The summed E-state index contributed by atoms with van der Waals surface area (Å²) < 4.78 is 14.4.